The number of hydrazone groups is 1. The summed E-state index contributed by atoms with van der Waals surface area (Å²) in [4.78, 5) is 0. The van der Waals surface area contributed by atoms with E-state index in [1.54, 1.807) is 0 Å². The zero-order valence-electron chi connectivity index (χ0n) is 12.7. The predicted octanol–water partition coefficient (Wildman–Crippen LogP) is 5.33. The van der Waals surface area contributed by atoms with Gasteiger partial charge in [0, 0.05) is 12.9 Å². The lowest BCUT2D eigenvalue weighted by atomic mass is 10.0. The maximum Gasteiger partial charge on any atom is 0.0645 e. The second-order valence-corrected chi connectivity index (χ2v) is 5.12. The Kier molecular flexibility index (Phi) is 6.34. The number of benzene rings is 1. The number of hydrogen-bond donors (Lipinski definition) is 0. The van der Waals surface area contributed by atoms with Crippen LogP contribution < -0.4 is 5.01 Å². The Morgan fingerprint density at radius 3 is 2.32 bits per heavy atom. The lowest BCUT2D eigenvalue weighted by Gasteiger charge is -2.17. The van der Waals surface area contributed by atoms with E-state index in [9.17, 15) is 0 Å². The van der Waals surface area contributed by atoms with E-state index >= 15 is 0 Å². The molecule has 2 heteroatoms. The molecule has 0 heterocycles. The molecule has 1 rings (SSSR count). The normalized spacial score (nSPS) is 11.7. The number of allylic oxidation sites excluding steroid dienone is 1. The van der Waals surface area contributed by atoms with E-state index in [1.807, 2.05) is 5.01 Å². The van der Waals surface area contributed by atoms with Crippen LogP contribution in [0.15, 0.2) is 41.1 Å². The Bertz CT molecular complexity index is 415. The molecule has 0 aliphatic carbocycles. The van der Waals surface area contributed by atoms with Crippen LogP contribution in [0.1, 0.15) is 58.4 Å². The molecule has 104 valence electrons. The fourth-order valence-electron chi connectivity index (χ4n) is 2.04. The molecule has 0 aromatic heterocycles. The second kappa shape index (κ2) is 7.78. The van der Waals surface area contributed by atoms with Crippen molar-refractivity contribution in [3.8, 4) is 0 Å². The molecule has 2 nitrogen and oxygen atoms in total. The van der Waals surface area contributed by atoms with Gasteiger partial charge in [-0.1, -0.05) is 51.8 Å². The summed E-state index contributed by atoms with van der Waals surface area (Å²) in [6.07, 6.45) is 5.45. The summed E-state index contributed by atoms with van der Waals surface area (Å²) in [5.41, 5.74) is 3.82. The van der Waals surface area contributed by atoms with Gasteiger partial charge in [0.15, 0.2) is 0 Å². The Morgan fingerprint density at radius 2 is 1.89 bits per heavy atom. The molecule has 0 aliphatic rings. The predicted molar refractivity (Wildman–Crippen MR) is 85.8 cm³/mol. The number of nitrogens with zero attached hydrogens (tertiary/aromatic N) is 2. The molecule has 0 fully saturated rings. The highest BCUT2D eigenvalue weighted by atomic mass is 15.4. The molecule has 0 bridgehead atoms. The van der Waals surface area contributed by atoms with Gasteiger partial charge in [-0.05, 0) is 36.5 Å². The van der Waals surface area contributed by atoms with E-state index in [0.29, 0.717) is 5.92 Å². The molecule has 0 saturated carbocycles. The second-order valence-electron chi connectivity index (χ2n) is 5.12. The summed E-state index contributed by atoms with van der Waals surface area (Å²) < 4.78 is 0. The Labute approximate surface area is 117 Å². The highest BCUT2D eigenvalue weighted by Crippen LogP contribution is 2.22. The first-order valence-corrected chi connectivity index (χ1v) is 7.17. The van der Waals surface area contributed by atoms with E-state index in [-0.39, 0.29) is 0 Å². The van der Waals surface area contributed by atoms with Crippen LogP contribution in [0.3, 0.4) is 0 Å². The van der Waals surface area contributed by atoms with Crippen molar-refractivity contribution < 1.29 is 0 Å². The monoisotopic (exact) mass is 258 g/mol. The highest BCUT2D eigenvalue weighted by Gasteiger charge is 2.04. The van der Waals surface area contributed by atoms with Crippen molar-refractivity contribution in [1.29, 1.82) is 0 Å². The minimum absolute atomic E-state index is 0.557. The topological polar surface area (TPSA) is 15.6 Å². The number of rotatable bonds is 7. The molecular weight excluding hydrogens is 232 g/mol. The summed E-state index contributed by atoms with van der Waals surface area (Å²) in [7, 11) is 0. The zero-order valence-corrected chi connectivity index (χ0v) is 12.7. The van der Waals surface area contributed by atoms with E-state index in [4.69, 9.17) is 0 Å². The summed E-state index contributed by atoms with van der Waals surface area (Å²) in [6, 6.07) is 8.55. The summed E-state index contributed by atoms with van der Waals surface area (Å²) in [5, 5.41) is 5.98. The third-order valence-corrected chi connectivity index (χ3v) is 3.31. The lowest BCUT2D eigenvalue weighted by molar-refractivity contribution is 0.844. The molecule has 0 radical (unpaired) electrons. The van der Waals surface area contributed by atoms with Gasteiger partial charge in [-0.25, -0.2) is 5.01 Å². The molecule has 19 heavy (non-hydrogen) atoms. The molecule has 0 saturated heterocycles. The number of anilines is 1. The average molecular weight is 258 g/mol. The van der Waals surface area contributed by atoms with Gasteiger partial charge in [0.05, 0.1) is 5.69 Å². The molecule has 0 aliphatic heterocycles. The zero-order chi connectivity index (χ0) is 14.3. The van der Waals surface area contributed by atoms with Crippen molar-refractivity contribution in [2.75, 3.05) is 5.01 Å². The summed E-state index contributed by atoms with van der Waals surface area (Å²) in [5.74, 6) is 0.557. The molecule has 1 aromatic carbocycles. The third-order valence-electron chi connectivity index (χ3n) is 3.31. The van der Waals surface area contributed by atoms with Crippen LogP contribution in [0.4, 0.5) is 5.69 Å². The molecule has 0 atom stereocenters. The Hall–Kier alpha value is -1.57. The van der Waals surface area contributed by atoms with Crippen LogP contribution in [-0.4, -0.2) is 6.72 Å². The fraction of sp³-hybridized carbons (Fsp3) is 0.471. The maximum atomic E-state index is 4.11. The summed E-state index contributed by atoms with van der Waals surface area (Å²) >= 11 is 0. The molecule has 0 N–H and O–H groups in total. The van der Waals surface area contributed by atoms with Crippen molar-refractivity contribution in [3.63, 3.8) is 0 Å². The lowest BCUT2D eigenvalue weighted by Crippen LogP contribution is -2.08. The first kappa shape index (κ1) is 15.5. The van der Waals surface area contributed by atoms with Crippen molar-refractivity contribution in [3.05, 3.63) is 41.6 Å². The highest BCUT2D eigenvalue weighted by molar-refractivity contribution is 5.52. The Balaban J connectivity index is 2.93. The van der Waals surface area contributed by atoms with E-state index in [1.165, 1.54) is 11.1 Å². The van der Waals surface area contributed by atoms with Gasteiger partial charge >= 0.3 is 0 Å². The third kappa shape index (κ3) is 4.55. The molecular formula is C17H26N2. The molecule has 0 unspecified atom stereocenters. The van der Waals surface area contributed by atoms with Gasteiger partial charge in [-0.15, -0.1) is 0 Å². The first-order chi connectivity index (χ1) is 9.12. The average Bonchev–Trinajstić information content (AvgIpc) is 2.43. The van der Waals surface area contributed by atoms with Gasteiger partial charge in [0.1, 0.15) is 0 Å². The van der Waals surface area contributed by atoms with E-state index in [2.05, 4.69) is 70.0 Å². The van der Waals surface area contributed by atoms with Crippen LogP contribution in [0, 0.1) is 0 Å². The smallest absolute Gasteiger partial charge is 0.0645 e. The molecule has 1 aromatic rings. The van der Waals surface area contributed by atoms with Crippen LogP contribution >= 0.6 is 0 Å². The minimum Gasteiger partial charge on any atom is -0.242 e. The first-order valence-electron chi connectivity index (χ1n) is 7.17. The summed E-state index contributed by atoms with van der Waals surface area (Å²) in [6.45, 7) is 12.5. The van der Waals surface area contributed by atoms with Crippen LogP contribution in [0.2, 0.25) is 0 Å². The van der Waals surface area contributed by atoms with Gasteiger partial charge in [0.2, 0.25) is 0 Å². The fourth-order valence-corrected chi connectivity index (χ4v) is 2.04. The van der Waals surface area contributed by atoms with Gasteiger partial charge in [0.25, 0.3) is 0 Å². The van der Waals surface area contributed by atoms with Gasteiger partial charge < -0.3 is 0 Å². The maximum absolute atomic E-state index is 4.11. The largest absolute Gasteiger partial charge is 0.242 e. The molecule has 0 amide bonds. The van der Waals surface area contributed by atoms with Crippen molar-refractivity contribution in [1.82, 2.24) is 0 Å². The van der Waals surface area contributed by atoms with Crippen molar-refractivity contribution in [2.24, 2.45) is 5.10 Å². The van der Waals surface area contributed by atoms with E-state index < -0.39 is 0 Å². The Morgan fingerprint density at radius 1 is 1.26 bits per heavy atom. The molecule has 0 spiro atoms. The van der Waals surface area contributed by atoms with Gasteiger partial charge in [-0.2, -0.15) is 5.10 Å². The van der Waals surface area contributed by atoms with Crippen molar-refractivity contribution >= 4 is 12.4 Å². The van der Waals surface area contributed by atoms with Crippen LogP contribution in [0.5, 0.6) is 0 Å². The van der Waals surface area contributed by atoms with E-state index in [0.717, 1.165) is 24.9 Å². The van der Waals surface area contributed by atoms with Crippen LogP contribution in [0.25, 0.3) is 0 Å². The van der Waals surface area contributed by atoms with Crippen molar-refractivity contribution in [2.45, 2.75) is 52.9 Å². The minimum atomic E-state index is 0.557. The van der Waals surface area contributed by atoms with Crippen LogP contribution in [-0.2, 0) is 0 Å². The quantitative estimate of drug-likeness (QED) is 0.477. The standard InChI is InChI=1S/C17H26N2/c1-6-8-15(7-2)13-19(18-5)17-11-9-16(10-12-17)14(3)4/h9-14H,5-8H2,1-4H3/b15-13-. The SMILES string of the molecule is C=NN(/C=C(/CC)CCC)c1ccc(C(C)C)cc1. The van der Waals surface area contributed by atoms with Gasteiger partial charge in [-0.3, -0.25) is 0 Å². The number of hydrogen-bond acceptors (Lipinski definition) is 2.